The summed E-state index contributed by atoms with van der Waals surface area (Å²) in [6, 6.07) is 0. The second-order valence-corrected chi connectivity index (χ2v) is 8.21. The van der Waals surface area contributed by atoms with E-state index in [2.05, 4.69) is 4.98 Å². The summed E-state index contributed by atoms with van der Waals surface area (Å²) in [5.74, 6) is -3.47. The molecule has 3 heterocycles. The van der Waals surface area contributed by atoms with Crippen LogP contribution in [0.5, 0.6) is 0 Å². The normalized spacial score (nSPS) is 29.0. The molecule has 0 aromatic carbocycles. The minimum atomic E-state index is -2.69. The Morgan fingerprint density at radius 1 is 1.38 bits per heavy atom. The summed E-state index contributed by atoms with van der Waals surface area (Å²) in [7, 11) is 0. The number of carbonyl (C=O) groups excluding carboxylic acids is 2. The molecule has 0 unspecified atom stereocenters. The van der Waals surface area contributed by atoms with Crippen LogP contribution in [0.25, 0.3) is 0 Å². The average Bonchev–Trinajstić information content (AvgIpc) is 3.15. The molecule has 3 aliphatic rings. The summed E-state index contributed by atoms with van der Waals surface area (Å²) < 4.78 is 25.9. The molecule has 2 saturated heterocycles. The number of hydrogen-bond donors (Lipinski definition) is 0. The molecule has 0 spiro atoms. The zero-order valence-electron chi connectivity index (χ0n) is 13.4. The number of hydrogen-bond acceptors (Lipinski definition) is 4. The van der Waals surface area contributed by atoms with Gasteiger partial charge in [-0.3, -0.25) is 9.59 Å². The molecule has 130 valence electrons. The fraction of sp³-hybridized carbons (Fsp3) is 0.688. The zero-order valence-corrected chi connectivity index (χ0v) is 14.2. The molecule has 0 N–H and O–H groups in total. The van der Waals surface area contributed by atoms with Crippen molar-refractivity contribution in [1.29, 1.82) is 0 Å². The molecule has 1 aromatic rings. The van der Waals surface area contributed by atoms with Gasteiger partial charge in [-0.2, -0.15) is 0 Å². The van der Waals surface area contributed by atoms with Crippen LogP contribution < -0.4 is 0 Å². The quantitative estimate of drug-likeness (QED) is 0.832. The van der Waals surface area contributed by atoms with Gasteiger partial charge in [-0.25, -0.2) is 13.8 Å². The van der Waals surface area contributed by atoms with Crippen molar-refractivity contribution in [2.75, 3.05) is 19.6 Å². The minimum absolute atomic E-state index is 0.0555. The van der Waals surface area contributed by atoms with E-state index in [1.807, 2.05) is 17.2 Å². The third-order valence-electron chi connectivity index (χ3n) is 5.30. The highest BCUT2D eigenvalue weighted by Gasteiger charge is 2.53. The number of carbonyl (C=O) groups is 2. The predicted molar refractivity (Wildman–Crippen MR) is 83.5 cm³/mol. The molecule has 0 radical (unpaired) electrons. The molecule has 1 saturated carbocycles. The first-order valence-corrected chi connectivity index (χ1v) is 9.07. The van der Waals surface area contributed by atoms with Crippen LogP contribution >= 0.6 is 11.3 Å². The molecule has 2 amide bonds. The molecule has 2 atom stereocenters. The number of alkyl halides is 2. The smallest absolute Gasteiger partial charge is 0.249 e. The third-order valence-corrected chi connectivity index (χ3v) is 6.12. The maximum atomic E-state index is 13.0. The molecule has 3 fully saturated rings. The summed E-state index contributed by atoms with van der Waals surface area (Å²) in [4.78, 5) is 32.7. The number of nitrogens with zero attached hydrogens (tertiary/aromatic N) is 3. The molecule has 2 aliphatic heterocycles. The Morgan fingerprint density at radius 3 is 2.71 bits per heavy atom. The van der Waals surface area contributed by atoms with Crippen molar-refractivity contribution >= 4 is 23.2 Å². The van der Waals surface area contributed by atoms with E-state index in [4.69, 9.17) is 0 Å². The lowest BCUT2D eigenvalue weighted by Gasteiger charge is -2.36. The predicted octanol–water partition coefficient (Wildman–Crippen LogP) is 1.91. The van der Waals surface area contributed by atoms with Crippen molar-refractivity contribution in [2.24, 2.45) is 17.8 Å². The standard InChI is InChI=1S/C16H19F2N3O2S/c1-9-19-12(8-24-9)6-20-4-11-5-21(7-13(11)15(20)23)14(22)10-2-16(17,18)3-10/h8,10-11,13H,2-7H2,1H3/t11-,13+/m1/s1. The fourth-order valence-corrected chi connectivity index (χ4v) is 4.64. The first-order valence-electron chi connectivity index (χ1n) is 8.19. The van der Waals surface area contributed by atoms with Crippen molar-refractivity contribution in [3.63, 3.8) is 0 Å². The van der Waals surface area contributed by atoms with Crippen LogP contribution in [0.2, 0.25) is 0 Å². The van der Waals surface area contributed by atoms with Gasteiger partial charge in [-0.05, 0) is 6.92 Å². The average molecular weight is 355 g/mol. The number of fused-ring (bicyclic) bond motifs is 1. The van der Waals surface area contributed by atoms with E-state index in [0.717, 1.165) is 10.7 Å². The molecule has 4 rings (SSSR count). The van der Waals surface area contributed by atoms with E-state index < -0.39 is 11.8 Å². The van der Waals surface area contributed by atoms with Crippen LogP contribution in [-0.4, -0.2) is 52.2 Å². The van der Waals surface area contributed by atoms with Crippen molar-refractivity contribution in [3.05, 3.63) is 16.1 Å². The second kappa shape index (κ2) is 5.47. The first-order chi connectivity index (χ1) is 11.3. The SMILES string of the molecule is Cc1nc(CN2C[C@@H]3CN(C(=O)C4CC(F)(F)C4)C[C@@H]3C2=O)cs1. The topological polar surface area (TPSA) is 53.5 Å². The van der Waals surface area contributed by atoms with E-state index in [0.29, 0.717) is 26.2 Å². The van der Waals surface area contributed by atoms with Gasteiger partial charge in [0.05, 0.1) is 23.2 Å². The molecule has 8 heteroatoms. The van der Waals surface area contributed by atoms with Crippen LogP contribution in [0.1, 0.15) is 23.5 Å². The van der Waals surface area contributed by atoms with Gasteiger partial charge < -0.3 is 9.80 Å². The van der Waals surface area contributed by atoms with Crippen molar-refractivity contribution < 1.29 is 18.4 Å². The number of thiazole rings is 1. The van der Waals surface area contributed by atoms with E-state index in [1.54, 1.807) is 16.2 Å². The molecule has 0 bridgehead atoms. The highest BCUT2D eigenvalue weighted by molar-refractivity contribution is 7.09. The van der Waals surface area contributed by atoms with Crippen molar-refractivity contribution in [1.82, 2.24) is 14.8 Å². The largest absolute Gasteiger partial charge is 0.341 e. The van der Waals surface area contributed by atoms with E-state index in [-0.39, 0.29) is 36.5 Å². The van der Waals surface area contributed by atoms with Gasteiger partial charge in [-0.15, -0.1) is 11.3 Å². The molecule has 1 aromatic heterocycles. The van der Waals surface area contributed by atoms with Crippen LogP contribution in [0, 0.1) is 24.7 Å². The van der Waals surface area contributed by atoms with E-state index >= 15 is 0 Å². The van der Waals surface area contributed by atoms with E-state index in [9.17, 15) is 18.4 Å². The number of likely N-dealkylation sites (tertiary alicyclic amines) is 2. The first kappa shape index (κ1) is 15.9. The summed E-state index contributed by atoms with van der Waals surface area (Å²) in [6.45, 7) is 3.94. The Kier molecular flexibility index (Phi) is 3.63. The fourth-order valence-electron chi connectivity index (χ4n) is 4.04. The zero-order chi connectivity index (χ0) is 17.1. The highest BCUT2D eigenvalue weighted by Crippen LogP contribution is 2.44. The Balaban J connectivity index is 1.35. The number of aromatic nitrogens is 1. The van der Waals surface area contributed by atoms with Crippen LogP contribution in [0.3, 0.4) is 0 Å². The highest BCUT2D eigenvalue weighted by atomic mass is 32.1. The molecule has 1 aliphatic carbocycles. The summed E-state index contributed by atoms with van der Waals surface area (Å²) in [6.07, 6.45) is -0.693. The maximum absolute atomic E-state index is 13.0. The maximum Gasteiger partial charge on any atom is 0.249 e. The summed E-state index contributed by atoms with van der Waals surface area (Å²) in [5, 5.41) is 2.94. The number of aryl methyl sites for hydroxylation is 1. The van der Waals surface area contributed by atoms with Gasteiger partial charge in [0.15, 0.2) is 0 Å². The Bertz CT molecular complexity index is 685. The van der Waals surface area contributed by atoms with Gasteiger partial charge in [0.25, 0.3) is 0 Å². The van der Waals surface area contributed by atoms with Gasteiger partial charge >= 0.3 is 0 Å². The number of rotatable bonds is 3. The van der Waals surface area contributed by atoms with Crippen molar-refractivity contribution in [2.45, 2.75) is 32.2 Å². The van der Waals surface area contributed by atoms with Crippen LogP contribution in [0.15, 0.2) is 5.38 Å². The summed E-state index contributed by atoms with van der Waals surface area (Å²) in [5.41, 5.74) is 0.899. The van der Waals surface area contributed by atoms with Gasteiger partial charge in [-0.1, -0.05) is 0 Å². The molecular weight excluding hydrogens is 336 g/mol. The lowest BCUT2D eigenvalue weighted by Crippen LogP contribution is -2.47. The number of amides is 2. The Labute approximate surface area is 142 Å². The molecule has 24 heavy (non-hydrogen) atoms. The minimum Gasteiger partial charge on any atom is -0.341 e. The Morgan fingerprint density at radius 2 is 2.12 bits per heavy atom. The van der Waals surface area contributed by atoms with E-state index in [1.165, 1.54) is 0 Å². The second-order valence-electron chi connectivity index (χ2n) is 7.15. The van der Waals surface area contributed by atoms with Gasteiger partial charge in [0.2, 0.25) is 17.7 Å². The van der Waals surface area contributed by atoms with Gasteiger partial charge in [0, 0.05) is 49.7 Å². The molecule has 5 nitrogen and oxygen atoms in total. The summed E-state index contributed by atoms with van der Waals surface area (Å²) >= 11 is 1.56. The third kappa shape index (κ3) is 2.70. The Hall–Kier alpha value is -1.57. The lowest BCUT2D eigenvalue weighted by atomic mass is 9.80. The lowest BCUT2D eigenvalue weighted by molar-refractivity contribution is -0.159. The monoisotopic (exact) mass is 355 g/mol. The molecular formula is C16H19F2N3O2S. The van der Waals surface area contributed by atoms with Crippen LogP contribution in [0.4, 0.5) is 8.78 Å². The van der Waals surface area contributed by atoms with Gasteiger partial charge in [0.1, 0.15) is 0 Å². The van der Waals surface area contributed by atoms with Crippen molar-refractivity contribution in [3.8, 4) is 0 Å². The van der Waals surface area contributed by atoms with Crippen LogP contribution in [-0.2, 0) is 16.1 Å². The number of halogens is 2.